The zero-order chi connectivity index (χ0) is 14.4. The van der Waals surface area contributed by atoms with E-state index in [1.807, 2.05) is 11.7 Å². The molecule has 0 spiro atoms. The highest BCUT2D eigenvalue weighted by Crippen LogP contribution is 2.28. The van der Waals surface area contributed by atoms with Crippen LogP contribution >= 0.6 is 15.9 Å². The van der Waals surface area contributed by atoms with Crippen molar-refractivity contribution >= 4 is 32.8 Å². The van der Waals surface area contributed by atoms with Crippen molar-refractivity contribution in [2.24, 2.45) is 7.05 Å². The Kier molecular flexibility index (Phi) is 2.88. The van der Waals surface area contributed by atoms with E-state index in [4.69, 9.17) is 0 Å². The molecule has 0 aliphatic carbocycles. The largest absolute Gasteiger partial charge is 0.365 e. The molecule has 4 rings (SSSR count). The average molecular weight is 349 g/mol. The van der Waals surface area contributed by atoms with E-state index in [9.17, 15) is 0 Å². The molecule has 108 valence electrons. The van der Waals surface area contributed by atoms with Crippen LogP contribution < -0.4 is 5.32 Å². The summed E-state index contributed by atoms with van der Waals surface area (Å²) in [5.74, 6) is 1.84. The molecule has 4 heterocycles. The summed E-state index contributed by atoms with van der Waals surface area (Å²) in [6.07, 6.45) is 5.09. The summed E-state index contributed by atoms with van der Waals surface area (Å²) in [6, 6.07) is 0.268. The smallest absolute Gasteiger partial charge is 0.164 e. The van der Waals surface area contributed by atoms with E-state index in [1.165, 1.54) is 0 Å². The Morgan fingerprint density at radius 1 is 1.29 bits per heavy atom. The molecule has 1 unspecified atom stereocenters. The van der Waals surface area contributed by atoms with Crippen LogP contribution in [0.5, 0.6) is 0 Å². The van der Waals surface area contributed by atoms with Crippen LogP contribution in [0, 0.1) is 0 Å². The van der Waals surface area contributed by atoms with Crippen molar-refractivity contribution < 1.29 is 0 Å². The second kappa shape index (κ2) is 4.76. The van der Waals surface area contributed by atoms with Crippen LogP contribution in [0.15, 0.2) is 17.3 Å². The molecule has 21 heavy (non-hydrogen) atoms. The minimum atomic E-state index is 0.268. The van der Waals surface area contributed by atoms with Crippen molar-refractivity contribution in [2.45, 2.75) is 25.4 Å². The van der Waals surface area contributed by atoms with Gasteiger partial charge in [0.05, 0.1) is 11.9 Å². The van der Waals surface area contributed by atoms with Crippen LogP contribution in [-0.2, 0) is 20.0 Å². The SMILES string of the molecule is Cn1nc(Br)c2c(NC3CCc4ncnn4C3)ncnc21. The number of anilines is 1. The van der Waals surface area contributed by atoms with Crippen molar-refractivity contribution in [3.8, 4) is 0 Å². The highest BCUT2D eigenvalue weighted by atomic mass is 79.9. The monoisotopic (exact) mass is 348 g/mol. The van der Waals surface area contributed by atoms with E-state index in [0.717, 1.165) is 46.7 Å². The fourth-order valence-corrected chi connectivity index (χ4v) is 3.30. The number of hydrogen-bond donors (Lipinski definition) is 1. The van der Waals surface area contributed by atoms with Crippen molar-refractivity contribution in [3.63, 3.8) is 0 Å². The van der Waals surface area contributed by atoms with Crippen molar-refractivity contribution in [3.05, 3.63) is 23.1 Å². The van der Waals surface area contributed by atoms with Gasteiger partial charge in [0, 0.05) is 19.5 Å². The molecule has 3 aromatic heterocycles. The van der Waals surface area contributed by atoms with Gasteiger partial charge in [-0.1, -0.05) is 0 Å². The quantitative estimate of drug-likeness (QED) is 0.747. The van der Waals surface area contributed by atoms with Gasteiger partial charge in [0.25, 0.3) is 0 Å². The fraction of sp³-hybridized carbons (Fsp3) is 0.417. The van der Waals surface area contributed by atoms with E-state index < -0.39 is 0 Å². The molecule has 0 saturated heterocycles. The number of nitrogens with one attached hydrogen (secondary N) is 1. The maximum Gasteiger partial charge on any atom is 0.164 e. The zero-order valence-electron chi connectivity index (χ0n) is 11.4. The van der Waals surface area contributed by atoms with E-state index in [1.54, 1.807) is 17.3 Å². The predicted octanol–water partition coefficient (Wildman–Crippen LogP) is 1.14. The number of nitrogens with zero attached hydrogens (tertiary/aromatic N) is 7. The summed E-state index contributed by atoms with van der Waals surface area (Å²) >= 11 is 3.47. The van der Waals surface area contributed by atoms with Gasteiger partial charge in [0.2, 0.25) is 0 Å². The number of hydrogen-bond acceptors (Lipinski definition) is 6. The van der Waals surface area contributed by atoms with Crippen molar-refractivity contribution in [2.75, 3.05) is 5.32 Å². The first-order valence-electron chi connectivity index (χ1n) is 6.69. The Labute approximate surface area is 128 Å². The summed E-state index contributed by atoms with van der Waals surface area (Å²) in [7, 11) is 1.87. The molecule has 9 heteroatoms. The lowest BCUT2D eigenvalue weighted by Crippen LogP contribution is -2.32. The Balaban J connectivity index is 1.66. The van der Waals surface area contributed by atoms with Crippen LogP contribution in [0.3, 0.4) is 0 Å². The Hall–Kier alpha value is -2.03. The first kappa shape index (κ1) is 12.7. The lowest BCUT2D eigenvalue weighted by molar-refractivity contribution is 0.441. The second-order valence-electron chi connectivity index (χ2n) is 5.07. The normalized spacial score (nSPS) is 17.9. The van der Waals surface area contributed by atoms with Gasteiger partial charge in [-0.15, -0.1) is 0 Å². The van der Waals surface area contributed by atoms with Gasteiger partial charge in [-0.3, -0.25) is 0 Å². The molecular formula is C12H13BrN8. The Bertz CT molecular complexity index is 807. The molecule has 3 aromatic rings. The van der Waals surface area contributed by atoms with Crippen LogP contribution in [0.2, 0.25) is 0 Å². The third kappa shape index (κ3) is 2.08. The highest BCUT2D eigenvalue weighted by molar-refractivity contribution is 9.10. The number of aryl methyl sites for hydroxylation is 2. The van der Waals surface area contributed by atoms with Gasteiger partial charge in [-0.25, -0.2) is 24.3 Å². The number of aromatic nitrogens is 7. The standard InChI is InChI=1S/C12H13BrN8/c1-20-12-9(10(13)19-20)11(15-5-16-12)18-7-2-3-8-14-6-17-21(8)4-7/h5-7H,2-4H2,1H3,(H,15,16,18). The lowest BCUT2D eigenvalue weighted by Gasteiger charge is -2.24. The van der Waals surface area contributed by atoms with E-state index in [2.05, 4.69) is 46.4 Å². The van der Waals surface area contributed by atoms with Gasteiger partial charge in [0.15, 0.2) is 5.65 Å². The van der Waals surface area contributed by atoms with E-state index >= 15 is 0 Å². The summed E-state index contributed by atoms with van der Waals surface area (Å²) in [4.78, 5) is 12.9. The zero-order valence-corrected chi connectivity index (χ0v) is 12.9. The summed E-state index contributed by atoms with van der Waals surface area (Å²) in [5, 5.41) is 13.0. The van der Waals surface area contributed by atoms with Gasteiger partial charge in [-0.2, -0.15) is 10.2 Å². The minimum absolute atomic E-state index is 0.268. The molecule has 1 aliphatic rings. The number of halogens is 1. The average Bonchev–Trinajstić information content (AvgIpc) is 3.04. The molecule has 0 aromatic carbocycles. The van der Waals surface area contributed by atoms with Crippen LogP contribution in [-0.4, -0.2) is 40.6 Å². The first-order valence-corrected chi connectivity index (χ1v) is 7.48. The van der Waals surface area contributed by atoms with Crippen molar-refractivity contribution in [1.82, 2.24) is 34.5 Å². The summed E-state index contributed by atoms with van der Waals surface area (Å²) in [5.41, 5.74) is 0.802. The Morgan fingerprint density at radius 3 is 3.10 bits per heavy atom. The minimum Gasteiger partial charge on any atom is -0.365 e. The molecule has 0 bridgehead atoms. The first-order chi connectivity index (χ1) is 10.2. The molecule has 1 atom stereocenters. The molecule has 0 radical (unpaired) electrons. The van der Waals surface area contributed by atoms with Gasteiger partial charge in [0.1, 0.15) is 28.9 Å². The van der Waals surface area contributed by atoms with Crippen molar-refractivity contribution in [1.29, 1.82) is 0 Å². The molecule has 8 nitrogen and oxygen atoms in total. The van der Waals surface area contributed by atoms with E-state index in [0.29, 0.717) is 0 Å². The molecule has 1 aliphatic heterocycles. The topological polar surface area (TPSA) is 86.3 Å². The summed E-state index contributed by atoms with van der Waals surface area (Å²) < 4.78 is 4.43. The Morgan fingerprint density at radius 2 is 2.19 bits per heavy atom. The highest BCUT2D eigenvalue weighted by Gasteiger charge is 2.22. The third-order valence-corrected chi connectivity index (χ3v) is 4.28. The van der Waals surface area contributed by atoms with Gasteiger partial charge >= 0.3 is 0 Å². The molecule has 0 amide bonds. The molecule has 0 saturated carbocycles. The number of fused-ring (bicyclic) bond motifs is 2. The van der Waals surface area contributed by atoms with Gasteiger partial charge < -0.3 is 5.32 Å². The number of rotatable bonds is 2. The molecule has 0 fully saturated rings. The fourth-order valence-electron chi connectivity index (χ4n) is 2.70. The second-order valence-corrected chi connectivity index (χ2v) is 5.82. The maximum atomic E-state index is 4.37. The van der Waals surface area contributed by atoms with E-state index in [-0.39, 0.29) is 6.04 Å². The van der Waals surface area contributed by atoms with Gasteiger partial charge in [-0.05, 0) is 22.4 Å². The van der Waals surface area contributed by atoms with Crippen LogP contribution in [0.1, 0.15) is 12.2 Å². The van der Waals surface area contributed by atoms with Crippen LogP contribution in [0.4, 0.5) is 5.82 Å². The predicted molar refractivity (Wildman–Crippen MR) is 79.8 cm³/mol. The lowest BCUT2D eigenvalue weighted by atomic mass is 10.1. The van der Waals surface area contributed by atoms with Crippen LogP contribution in [0.25, 0.3) is 11.0 Å². The summed E-state index contributed by atoms with van der Waals surface area (Å²) in [6.45, 7) is 0.790. The molecule has 1 N–H and O–H groups in total. The third-order valence-electron chi connectivity index (χ3n) is 3.72. The molecular weight excluding hydrogens is 336 g/mol. The maximum absolute atomic E-state index is 4.37.